The van der Waals surface area contributed by atoms with Crippen LogP contribution in [0.15, 0.2) is 41.0 Å². The third-order valence-corrected chi connectivity index (χ3v) is 4.33. The fourth-order valence-electron chi connectivity index (χ4n) is 2.94. The summed E-state index contributed by atoms with van der Waals surface area (Å²) in [5.74, 6) is 1.32. The predicted molar refractivity (Wildman–Crippen MR) is 89.3 cm³/mol. The number of benzene rings is 2. The molecule has 1 aromatic heterocycles. The van der Waals surface area contributed by atoms with Crippen molar-refractivity contribution in [3.63, 3.8) is 0 Å². The summed E-state index contributed by atoms with van der Waals surface area (Å²) in [7, 11) is 1.62. The lowest BCUT2D eigenvalue weighted by molar-refractivity contribution is -0.126. The van der Waals surface area contributed by atoms with Gasteiger partial charge in [-0.15, -0.1) is 0 Å². The second-order valence-corrected chi connectivity index (χ2v) is 5.99. The summed E-state index contributed by atoms with van der Waals surface area (Å²) in [4.78, 5) is 12.5. The van der Waals surface area contributed by atoms with Crippen LogP contribution in [0.3, 0.4) is 0 Å². The summed E-state index contributed by atoms with van der Waals surface area (Å²) < 4.78 is 15.6. The zero-order valence-electron chi connectivity index (χ0n) is 13.7. The molecule has 1 atom stereocenters. The van der Waals surface area contributed by atoms with Gasteiger partial charge in [-0.3, -0.25) is 4.79 Å². The Morgan fingerprint density at radius 3 is 3.00 bits per heavy atom. The van der Waals surface area contributed by atoms with E-state index in [4.69, 9.17) is 9.47 Å². The van der Waals surface area contributed by atoms with E-state index in [1.807, 2.05) is 36.4 Å². The van der Waals surface area contributed by atoms with Gasteiger partial charge in [-0.2, -0.15) is 0 Å². The van der Waals surface area contributed by atoms with Crippen LogP contribution in [0.4, 0.5) is 0 Å². The lowest BCUT2D eigenvalue weighted by atomic mass is 9.95. The number of aromatic nitrogens is 2. The lowest BCUT2D eigenvalue weighted by Gasteiger charge is -2.25. The third kappa shape index (κ3) is 3.13. The van der Waals surface area contributed by atoms with Crippen LogP contribution in [-0.2, 0) is 17.8 Å². The molecule has 0 saturated carbocycles. The molecule has 0 spiro atoms. The maximum absolute atomic E-state index is 12.5. The molecule has 25 heavy (non-hydrogen) atoms. The van der Waals surface area contributed by atoms with Crippen LogP contribution in [-0.4, -0.2) is 29.9 Å². The van der Waals surface area contributed by atoms with Gasteiger partial charge < -0.3 is 14.8 Å². The largest absolute Gasteiger partial charge is 0.497 e. The third-order valence-electron chi connectivity index (χ3n) is 4.33. The number of carbonyl (C=O) groups is 1. The number of ether oxygens (including phenoxy) is 2. The number of amides is 1. The molecule has 7 heteroatoms. The molecule has 0 fully saturated rings. The van der Waals surface area contributed by atoms with E-state index < -0.39 is 0 Å². The Morgan fingerprint density at radius 2 is 2.12 bits per heavy atom. The van der Waals surface area contributed by atoms with Gasteiger partial charge in [0.05, 0.1) is 13.0 Å². The molecule has 128 valence electrons. The number of methoxy groups -OCH3 is 1. The minimum Gasteiger partial charge on any atom is -0.497 e. The SMILES string of the molecule is COc1ccc2c(c1)C[C@@H](C(=O)NCc1ccc3nonc3c1)CO2. The average molecular weight is 339 g/mol. The monoisotopic (exact) mass is 339 g/mol. The van der Waals surface area contributed by atoms with Crippen molar-refractivity contribution in [1.29, 1.82) is 0 Å². The smallest absolute Gasteiger partial charge is 0.227 e. The molecule has 1 N–H and O–H groups in total. The molecule has 2 aromatic carbocycles. The highest BCUT2D eigenvalue weighted by atomic mass is 16.6. The lowest BCUT2D eigenvalue weighted by Crippen LogP contribution is -2.37. The highest BCUT2D eigenvalue weighted by Crippen LogP contribution is 2.30. The van der Waals surface area contributed by atoms with E-state index >= 15 is 0 Å². The summed E-state index contributed by atoms with van der Waals surface area (Å²) in [6.07, 6.45) is 0.630. The first kappa shape index (κ1) is 15.4. The number of rotatable bonds is 4. The summed E-state index contributed by atoms with van der Waals surface area (Å²) in [5.41, 5.74) is 3.30. The first-order valence-electron chi connectivity index (χ1n) is 8.01. The zero-order valence-corrected chi connectivity index (χ0v) is 13.7. The maximum Gasteiger partial charge on any atom is 0.227 e. The second kappa shape index (κ2) is 6.43. The summed E-state index contributed by atoms with van der Waals surface area (Å²) >= 11 is 0. The highest BCUT2D eigenvalue weighted by molar-refractivity contribution is 5.80. The first-order chi connectivity index (χ1) is 12.2. The standard InChI is InChI=1S/C18H17N3O4/c1-23-14-3-5-17-12(8-14)7-13(10-24-17)18(22)19-9-11-2-4-15-16(6-11)21-25-20-15/h2-6,8,13H,7,9-10H2,1H3,(H,19,22)/t13-/m1/s1. The Hall–Kier alpha value is -3.09. The number of nitrogens with zero attached hydrogens (tertiary/aromatic N) is 2. The summed E-state index contributed by atoms with van der Waals surface area (Å²) in [5, 5.41) is 10.5. The van der Waals surface area contributed by atoms with E-state index in [9.17, 15) is 4.79 Å². The molecular formula is C18H17N3O4. The Balaban J connectivity index is 1.41. The molecular weight excluding hydrogens is 322 g/mol. The van der Waals surface area contributed by atoms with Gasteiger partial charge in [-0.25, -0.2) is 4.63 Å². The second-order valence-electron chi connectivity index (χ2n) is 5.99. The molecule has 0 unspecified atom stereocenters. The molecule has 0 radical (unpaired) electrons. The Morgan fingerprint density at radius 1 is 1.24 bits per heavy atom. The van der Waals surface area contributed by atoms with Gasteiger partial charge >= 0.3 is 0 Å². The van der Waals surface area contributed by atoms with E-state index in [2.05, 4.69) is 20.3 Å². The van der Waals surface area contributed by atoms with Crippen LogP contribution < -0.4 is 14.8 Å². The van der Waals surface area contributed by atoms with Gasteiger partial charge in [0, 0.05) is 6.54 Å². The van der Waals surface area contributed by atoms with Crippen molar-refractivity contribution in [2.24, 2.45) is 5.92 Å². The van der Waals surface area contributed by atoms with Crippen molar-refractivity contribution in [2.45, 2.75) is 13.0 Å². The molecule has 1 aliphatic rings. The zero-order chi connectivity index (χ0) is 17.2. The highest BCUT2D eigenvalue weighted by Gasteiger charge is 2.26. The summed E-state index contributed by atoms with van der Waals surface area (Å²) in [6, 6.07) is 11.2. The number of hydrogen-bond donors (Lipinski definition) is 1. The van der Waals surface area contributed by atoms with Gasteiger partial charge in [0.1, 0.15) is 29.1 Å². The molecule has 0 aliphatic carbocycles. The number of hydrogen-bond acceptors (Lipinski definition) is 6. The minimum absolute atomic E-state index is 0.0353. The van der Waals surface area contributed by atoms with Crippen LogP contribution in [0.1, 0.15) is 11.1 Å². The van der Waals surface area contributed by atoms with Gasteiger partial charge in [-0.1, -0.05) is 6.07 Å². The van der Waals surface area contributed by atoms with Crippen molar-refractivity contribution in [3.05, 3.63) is 47.5 Å². The normalized spacial score (nSPS) is 16.1. The van der Waals surface area contributed by atoms with Gasteiger partial charge in [0.25, 0.3) is 0 Å². The van der Waals surface area contributed by atoms with Crippen molar-refractivity contribution in [1.82, 2.24) is 15.6 Å². The molecule has 1 aliphatic heterocycles. The van der Waals surface area contributed by atoms with Crippen molar-refractivity contribution >= 4 is 16.9 Å². The van der Waals surface area contributed by atoms with E-state index in [0.29, 0.717) is 30.6 Å². The quantitative estimate of drug-likeness (QED) is 0.783. The van der Waals surface area contributed by atoms with Crippen LogP contribution in [0, 0.1) is 5.92 Å². The van der Waals surface area contributed by atoms with Gasteiger partial charge in [0.15, 0.2) is 0 Å². The van der Waals surface area contributed by atoms with Crippen LogP contribution in [0.2, 0.25) is 0 Å². The van der Waals surface area contributed by atoms with E-state index in [1.54, 1.807) is 7.11 Å². The molecule has 0 bridgehead atoms. The summed E-state index contributed by atoms with van der Waals surface area (Å²) in [6.45, 7) is 0.792. The Bertz CT molecular complexity index is 922. The van der Waals surface area contributed by atoms with Crippen LogP contribution in [0.25, 0.3) is 11.0 Å². The topological polar surface area (TPSA) is 86.5 Å². The Labute approximate surface area is 143 Å². The fraction of sp³-hybridized carbons (Fsp3) is 0.278. The first-order valence-corrected chi connectivity index (χ1v) is 8.01. The molecule has 2 heterocycles. The molecule has 4 rings (SSSR count). The molecule has 0 saturated heterocycles. The number of nitrogens with one attached hydrogen (secondary N) is 1. The maximum atomic E-state index is 12.5. The number of carbonyl (C=O) groups excluding carboxylic acids is 1. The minimum atomic E-state index is -0.225. The van der Waals surface area contributed by atoms with Crippen LogP contribution >= 0.6 is 0 Å². The number of fused-ring (bicyclic) bond motifs is 2. The predicted octanol–water partition coefficient (Wildman–Crippen LogP) is 2.10. The van der Waals surface area contributed by atoms with E-state index in [-0.39, 0.29) is 11.8 Å². The van der Waals surface area contributed by atoms with Crippen molar-refractivity contribution in [3.8, 4) is 11.5 Å². The van der Waals surface area contributed by atoms with E-state index in [0.717, 1.165) is 22.6 Å². The molecule has 3 aromatic rings. The van der Waals surface area contributed by atoms with Crippen LogP contribution in [0.5, 0.6) is 11.5 Å². The van der Waals surface area contributed by atoms with Crippen molar-refractivity contribution in [2.75, 3.05) is 13.7 Å². The van der Waals surface area contributed by atoms with Gasteiger partial charge in [0.2, 0.25) is 5.91 Å². The van der Waals surface area contributed by atoms with E-state index in [1.165, 1.54) is 0 Å². The molecule has 7 nitrogen and oxygen atoms in total. The Kier molecular flexibility index (Phi) is 3.97. The van der Waals surface area contributed by atoms with Crippen molar-refractivity contribution < 1.29 is 18.9 Å². The average Bonchev–Trinajstić information content (AvgIpc) is 3.13. The fourth-order valence-corrected chi connectivity index (χ4v) is 2.94. The van der Waals surface area contributed by atoms with Gasteiger partial charge in [-0.05, 0) is 58.2 Å². The molecule has 1 amide bonds.